The largest absolute Gasteiger partial charge is 0.416 e. The van der Waals surface area contributed by atoms with Gasteiger partial charge < -0.3 is 4.90 Å². The number of nitrogens with zero attached hydrogens (tertiary/aromatic N) is 3. The molecule has 4 nitrogen and oxygen atoms in total. The van der Waals surface area contributed by atoms with Crippen molar-refractivity contribution in [1.29, 1.82) is 0 Å². The molecule has 2 heterocycles. The number of ketones is 1. The number of hydrogen-bond donors (Lipinski definition) is 0. The third kappa shape index (κ3) is 2.98. The Bertz CT molecular complexity index is 802. The van der Waals surface area contributed by atoms with Crippen molar-refractivity contribution in [2.45, 2.75) is 33.0 Å². The summed E-state index contributed by atoms with van der Waals surface area (Å²) in [5.74, 6) is 0.436. The number of aromatic nitrogens is 2. The summed E-state index contributed by atoms with van der Waals surface area (Å²) in [6.07, 6.45) is -2.41. The van der Waals surface area contributed by atoms with E-state index < -0.39 is 11.7 Å². The first kappa shape index (κ1) is 16.4. The number of carbonyl (C=O) groups excluding carboxylic acids is 1. The second-order valence-corrected chi connectivity index (χ2v) is 5.88. The molecular weight excluding hydrogens is 319 g/mol. The highest BCUT2D eigenvalue weighted by Gasteiger charge is 2.32. The number of rotatable bonds is 2. The van der Waals surface area contributed by atoms with Gasteiger partial charge in [0.25, 0.3) is 0 Å². The zero-order chi connectivity index (χ0) is 17.5. The van der Waals surface area contributed by atoms with Gasteiger partial charge in [-0.3, -0.25) is 4.79 Å². The van der Waals surface area contributed by atoms with Crippen LogP contribution < -0.4 is 4.90 Å². The van der Waals surface area contributed by atoms with Crippen molar-refractivity contribution in [1.82, 2.24) is 9.97 Å². The fourth-order valence-electron chi connectivity index (χ4n) is 3.03. The lowest BCUT2D eigenvalue weighted by Crippen LogP contribution is -2.32. The SMILES string of the molecule is CC(=O)c1ncnc(N2CCc3ccc(C(F)(F)F)cc3C2)c1C. The minimum absolute atomic E-state index is 0.159. The zero-order valence-corrected chi connectivity index (χ0v) is 13.3. The molecule has 0 bridgehead atoms. The minimum Gasteiger partial charge on any atom is -0.352 e. The van der Waals surface area contributed by atoms with E-state index in [4.69, 9.17) is 0 Å². The van der Waals surface area contributed by atoms with E-state index in [1.165, 1.54) is 19.3 Å². The van der Waals surface area contributed by atoms with Gasteiger partial charge in [0.15, 0.2) is 5.78 Å². The smallest absolute Gasteiger partial charge is 0.352 e. The van der Waals surface area contributed by atoms with Crippen LogP contribution >= 0.6 is 0 Å². The Labute approximate surface area is 137 Å². The zero-order valence-electron chi connectivity index (χ0n) is 13.3. The highest BCUT2D eigenvalue weighted by Crippen LogP contribution is 2.33. The van der Waals surface area contributed by atoms with E-state index in [9.17, 15) is 18.0 Å². The van der Waals surface area contributed by atoms with Crippen LogP contribution in [-0.2, 0) is 19.1 Å². The van der Waals surface area contributed by atoms with Crippen LogP contribution in [0.1, 0.15) is 39.7 Å². The highest BCUT2D eigenvalue weighted by atomic mass is 19.4. The Kier molecular flexibility index (Phi) is 4.03. The highest BCUT2D eigenvalue weighted by molar-refractivity contribution is 5.94. The standard InChI is InChI=1S/C17H16F3N3O/c1-10-15(11(2)24)21-9-22-16(10)23-6-5-12-3-4-14(17(18,19)20)7-13(12)8-23/h3-4,7,9H,5-6,8H2,1-2H3. The molecule has 126 valence electrons. The summed E-state index contributed by atoms with van der Waals surface area (Å²) < 4.78 is 38.7. The van der Waals surface area contributed by atoms with Crippen LogP contribution in [0.4, 0.5) is 19.0 Å². The number of alkyl halides is 3. The minimum atomic E-state index is -4.36. The fraction of sp³-hybridized carbons (Fsp3) is 0.353. The molecule has 1 aliphatic heterocycles. The van der Waals surface area contributed by atoms with E-state index in [0.717, 1.165) is 11.6 Å². The molecule has 0 aliphatic carbocycles. The number of fused-ring (bicyclic) bond motifs is 1. The molecule has 0 saturated carbocycles. The molecule has 2 aromatic rings. The topological polar surface area (TPSA) is 46.1 Å². The van der Waals surface area contributed by atoms with Crippen molar-refractivity contribution in [2.24, 2.45) is 0 Å². The van der Waals surface area contributed by atoms with Crippen molar-refractivity contribution in [3.63, 3.8) is 0 Å². The number of halogens is 3. The Balaban J connectivity index is 1.95. The molecular formula is C17H16F3N3O. The second kappa shape index (κ2) is 5.89. The van der Waals surface area contributed by atoms with Crippen molar-refractivity contribution in [3.05, 3.63) is 52.5 Å². The van der Waals surface area contributed by atoms with Gasteiger partial charge in [-0.1, -0.05) is 6.07 Å². The van der Waals surface area contributed by atoms with Gasteiger partial charge >= 0.3 is 6.18 Å². The maximum Gasteiger partial charge on any atom is 0.416 e. The Morgan fingerprint density at radius 1 is 1.21 bits per heavy atom. The molecule has 3 rings (SSSR count). The molecule has 0 saturated heterocycles. The Hall–Kier alpha value is -2.44. The first-order chi connectivity index (χ1) is 11.3. The molecule has 1 aliphatic rings. The van der Waals surface area contributed by atoms with Crippen molar-refractivity contribution in [2.75, 3.05) is 11.4 Å². The summed E-state index contributed by atoms with van der Waals surface area (Å²) in [5, 5.41) is 0. The predicted octanol–water partition coefficient (Wildman–Crippen LogP) is 3.57. The molecule has 1 aromatic carbocycles. The van der Waals surface area contributed by atoms with Crippen LogP contribution in [0.15, 0.2) is 24.5 Å². The van der Waals surface area contributed by atoms with E-state index in [1.54, 1.807) is 13.0 Å². The molecule has 1 aromatic heterocycles. The summed E-state index contributed by atoms with van der Waals surface area (Å²) >= 11 is 0. The van der Waals surface area contributed by atoms with E-state index in [0.29, 0.717) is 42.1 Å². The third-order valence-corrected chi connectivity index (χ3v) is 4.24. The van der Waals surface area contributed by atoms with E-state index in [2.05, 4.69) is 9.97 Å². The monoisotopic (exact) mass is 335 g/mol. The van der Waals surface area contributed by atoms with Gasteiger partial charge in [-0.15, -0.1) is 0 Å². The van der Waals surface area contributed by atoms with Gasteiger partial charge in [-0.25, -0.2) is 9.97 Å². The van der Waals surface area contributed by atoms with Crippen LogP contribution in [0.2, 0.25) is 0 Å². The lowest BCUT2D eigenvalue weighted by molar-refractivity contribution is -0.137. The molecule has 0 unspecified atom stereocenters. The number of Topliss-reactive ketones (excluding diaryl/α,β-unsaturated/α-hetero) is 1. The van der Waals surface area contributed by atoms with E-state index >= 15 is 0 Å². The lowest BCUT2D eigenvalue weighted by Gasteiger charge is -2.31. The van der Waals surface area contributed by atoms with Crippen molar-refractivity contribution in [3.8, 4) is 0 Å². The average molecular weight is 335 g/mol. The van der Waals surface area contributed by atoms with Gasteiger partial charge in [-0.05, 0) is 36.6 Å². The predicted molar refractivity (Wildman–Crippen MR) is 83.0 cm³/mol. The maximum atomic E-state index is 12.9. The molecule has 0 amide bonds. The third-order valence-electron chi connectivity index (χ3n) is 4.24. The number of anilines is 1. The van der Waals surface area contributed by atoms with Crippen LogP contribution in [0.25, 0.3) is 0 Å². The van der Waals surface area contributed by atoms with Gasteiger partial charge in [0.1, 0.15) is 17.8 Å². The summed E-state index contributed by atoms with van der Waals surface area (Å²) in [7, 11) is 0. The quantitative estimate of drug-likeness (QED) is 0.787. The number of hydrogen-bond acceptors (Lipinski definition) is 4. The Morgan fingerprint density at radius 3 is 2.62 bits per heavy atom. The Morgan fingerprint density at radius 2 is 1.96 bits per heavy atom. The molecule has 0 spiro atoms. The summed E-state index contributed by atoms with van der Waals surface area (Å²) in [6, 6.07) is 3.87. The van der Waals surface area contributed by atoms with Crippen LogP contribution in [0, 0.1) is 6.92 Å². The lowest BCUT2D eigenvalue weighted by atomic mass is 9.97. The average Bonchev–Trinajstić information content (AvgIpc) is 2.53. The fourth-order valence-corrected chi connectivity index (χ4v) is 3.03. The van der Waals surface area contributed by atoms with Gasteiger partial charge in [0.05, 0.1) is 5.56 Å². The van der Waals surface area contributed by atoms with Crippen molar-refractivity contribution < 1.29 is 18.0 Å². The van der Waals surface area contributed by atoms with Gasteiger partial charge in [0, 0.05) is 25.6 Å². The molecule has 24 heavy (non-hydrogen) atoms. The molecule has 7 heteroatoms. The maximum absolute atomic E-state index is 12.9. The summed E-state index contributed by atoms with van der Waals surface area (Å²) in [5.41, 5.74) is 1.90. The first-order valence-electron chi connectivity index (χ1n) is 7.54. The van der Waals surface area contributed by atoms with Crippen LogP contribution in [0.5, 0.6) is 0 Å². The first-order valence-corrected chi connectivity index (χ1v) is 7.54. The number of carbonyl (C=O) groups is 1. The van der Waals surface area contributed by atoms with Crippen LogP contribution in [0.3, 0.4) is 0 Å². The van der Waals surface area contributed by atoms with E-state index in [-0.39, 0.29) is 5.78 Å². The molecule has 0 N–H and O–H groups in total. The normalized spacial score (nSPS) is 14.5. The van der Waals surface area contributed by atoms with Crippen molar-refractivity contribution >= 4 is 11.6 Å². The molecule has 0 atom stereocenters. The van der Waals surface area contributed by atoms with Gasteiger partial charge in [0.2, 0.25) is 0 Å². The molecule has 0 radical (unpaired) electrons. The number of benzene rings is 1. The molecule has 0 fully saturated rings. The second-order valence-electron chi connectivity index (χ2n) is 5.88. The summed E-state index contributed by atoms with van der Waals surface area (Å²) in [6.45, 7) is 4.15. The van der Waals surface area contributed by atoms with Gasteiger partial charge in [-0.2, -0.15) is 13.2 Å². The summed E-state index contributed by atoms with van der Waals surface area (Å²) in [4.78, 5) is 21.7. The van der Waals surface area contributed by atoms with Crippen LogP contribution in [-0.4, -0.2) is 22.3 Å². The van der Waals surface area contributed by atoms with E-state index in [1.807, 2.05) is 4.90 Å².